The molecule has 0 radical (unpaired) electrons. The Hall–Kier alpha value is -1.30. The first-order valence-electron chi connectivity index (χ1n) is 17.2. The van der Waals surface area contributed by atoms with Crippen molar-refractivity contribution in [3.05, 3.63) is 59.3 Å². The van der Waals surface area contributed by atoms with Crippen LogP contribution in [0, 0.1) is 11.8 Å². The summed E-state index contributed by atoms with van der Waals surface area (Å²) in [5.41, 5.74) is 7.20. The van der Waals surface area contributed by atoms with Crippen molar-refractivity contribution in [3.8, 4) is 0 Å². The van der Waals surface area contributed by atoms with Gasteiger partial charge >= 0.3 is 0 Å². The van der Waals surface area contributed by atoms with E-state index in [0.717, 1.165) is 23.8 Å². The largest absolute Gasteiger partial charge is 0.0985 e. The third-order valence-corrected chi connectivity index (χ3v) is 6.45. The van der Waals surface area contributed by atoms with Crippen molar-refractivity contribution in [2.24, 2.45) is 11.8 Å². The summed E-state index contributed by atoms with van der Waals surface area (Å²) in [6.07, 6.45) is 22.9. The van der Waals surface area contributed by atoms with E-state index in [1.807, 2.05) is 68.4 Å². The van der Waals surface area contributed by atoms with Crippen LogP contribution in [0.4, 0.5) is 0 Å². The van der Waals surface area contributed by atoms with Gasteiger partial charge in [0, 0.05) is 0 Å². The Morgan fingerprint density at radius 1 is 0.846 bits per heavy atom. The summed E-state index contributed by atoms with van der Waals surface area (Å²) in [6, 6.07) is 0. The number of hydrogen-bond acceptors (Lipinski definition) is 0. The molecule has 0 aliphatic heterocycles. The molecular formula is C39H78. The molecule has 0 N–H and O–H groups in total. The zero-order chi connectivity index (χ0) is 31.6. The SMILES string of the molecule is C=C/C(C(=C)C)=C(\C)CCC.CC.CC.CC.CC.CC(C)C1=C(C2CCCC2)C=CCC1.CCCCCC. The fourth-order valence-corrected chi connectivity index (χ4v) is 4.68. The second-order valence-corrected chi connectivity index (χ2v) is 9.69. The number of rotatable bonds is 9. The molecule has 1 saturated carbocycles. The zero-order valence-electron chi connectivity index (χ0n) is 30.3. The van der Waals surface area contributed by atoms with Crippen LogP contribution in [0.1, 0.15) is 181 Å². The van der Waals surface area contributed by atoms with Gasteiger partial charge in [-0.2, -0.15) is 0 Å². The van der Waals surface area contributed by atoms with Crippen molar-refractivity contribution in [2.45, 2.75) is 181 Å². The minimum Gasteiger partial charge on any atom is -0.0985 e. The summed E-state index contributed by atoms with van der Waals surface area (Å²) in [5.74, 6) is 1.67. The second kappa shape index (κ2) is 38.8. The lowest BCUT2D eigenvalue weighted by Crippen LogP contribution is -2.08. The highest BCUT2D eigenvalue weighted by molar-refractivity contribution is 5.39. The van der Waals surface area contributed by atoms with E-state index in [1.165, 1.54) is 81.8 Å². The van der Waals surface area contributed by atoms with E-state index in [0.29, 0.717) is 0 Å². The average Bonchev–Trinajstić information content (AvgIpc) is 3.52. The summed E-state index contributed by atoms with van der Waals surface area (Å²) in [4.78, 5) is 0. The van der Waals surface area contributed by atoms with Gasteiger partial charge in [-0.15, -0.1) is 0 Å². The van der Waals surface area contributed by atoms with Gasteiger partial charge in [0.05, 0.1) is 0 Å². The molecular weight excluding hydrogens is 468 g/mol. The molecule has 0 heteroatoms. The standard InChI is InChI=1S/C14H22.C11H18.C6H14.4C2H6/c1-11(2)13-9-5-6-10-14(13)12-7-3-4-8-12;1-6-8-10(5)11(7-2)9(3)4;1-3-5-6-4-2;4*1-2/h6,10-12H,3-5,7-9H2,1-2H3;7H,2-3,6,8H2,1,4-5H3;3-6H2,1-2H3;4*1-2H3/b;11-10-;;;;;. The highest BCUT2D eigenvalue weighted by atomic mass is 14.3. The molecule has 0 atom stereocenters. The lowest BCUT2D eigenvalue weighted by Gasteiger charge is -2.23. The Kier molecular flexibility index (Phi) is 47.3. The Labute approximate surface area is 251 Å². The van der Waals surface area contributed by atoms with E-state index in [2.05, 4.69) is 66.9 Å². The summed E-state index contributed by atoms with van der Waals surface area (Å²) in [7, 11) is 0. The molecule has 0 aromatic heterocycles. The molecule has 0 nitrogen and oxygen atoms in total. The summed E-state index contributed by atoms with van der Waals surface area (Å²) in [5, 5.41) is 0. The minimum atomic E-state index is 0.760. The Bertz CT molecular complexity index is 584. The van der Waals surface area contributed by atoms with Gasteiger partial charge in [0.15, 0.2) is 0 Å². The number of allylic oxidation sites excluding steroid dienone is 8. The fraction of sp³-hybridized carbons (Fsp3) is 0.744. The maximum atomic E-state index is 3.90. The monoisotopic (exact) mass is 547 g/mol. The average molecular weight is 547 g/mol. The van der Waals surface area contributed by atoms with E-state index in [9.17, 15) is 0 Å². The first kappa shape index (κ1) is 47.5. The smallest absolute Gasteiger partial charge is 0.0162 e. The Morgan fingerprint density at radius 2 is 1.31 bits per heavy atom. The van der Waals surface area contributed by atoms with E-state index < -0.39 is 0 Å². The summed E-state index contributed by atoms with van der Waals surface area (Å²) >= 11 is 0. The van der Waals surface area contributed by atoms with Crippen LogP contribution in [0.3, 0.4) is 0 Å². The van der Waals surface area contributed by atoms with Gasteiger partial charge in [0.1, 0.15) is 0 Å². The van der Waals surface area contributed by atoms with Crippen molar-refractivity contribution >= 4 is 0 Å². The van der Waals surface area contributed by atoms with Crippen molar-refractivity contribution in [1.82, 2.24) is 0 Å². The van der Waals surface area contributed by atoms with Gasteiger partial charge in [0.2, 0.25) is 0 Å². The molecule has 0 amide bonds. The molecule has 39 heavy (non-hydrogen) atoms. The first-order valence-corrected chi connectivity index (χ1v) is 17.2. The van der Waals surface area contributed by atoms with Crippen molar-refractivity contribution in [1.29, 1.82) is 0 Å². The molecule has 0 heterocycles. The second-order valence-electron chi connectivity index (χ2n) is 9.69. The van der Waals surface area contributed by atoms with Crippen LogP contribution >= 0.6 is 0 Å². The minimum absolute atomic E-state index is 0.760. The van der Waals surface area contributed by atoms with E-state index in [4.69, 9.17) is 0 Å². The lowest BCUT2D eigenvalue weighted by atomic mass is 9.82. The van der Waals surface area contributed by atoms with Gasteiger partial charge in [-0.1, -0.05) is 183 Å². The van der Waals surface area contributed by atoms with Gasteiger partial charge in [-0.25, -0.2) is 0 Å². The van der Waals surface area contributed by atoms with Crippen molar-refractivity contribution < 1.29 is 0 Å². The molecule has 2 rings (SSSR count). The molecule has 2 aliphatic carbocycles. The molecule has 2 aliphatic rings. The third-order valence-electron chi connectivity index (χ3n) is 6.45. The topological polar surface area (TPSA) is 0 Å². The quantitative estimate of drug-likeness (QED) is 0.199. The van der Waals surface area contributed by atoms with Crippen LogP contribution < -0.4 is 0 Å². The fourth-order valence-electron chi connectivity index (χ4n) is 4.68. The van der Waals surface area contributed by atoms with Crippen LogP contribution in [0.25, 0.3) is 0 Å². The highest BCUT2D eigenvalue weighted by Crippen LogP contribution is 2.38. The number of hydrogen-bond donors (Lipinski definition) is 0. The molecule has 0 saturated heterocycles. The maximum Gasteiger partial charge on any atom is -0.0162 e. The molecule has 0 unspecified atom stereocenters. The third kappa shape index (κ3) is 26.7. The Morgan fingerprint density at radius 3 is 1.64 bits per heavy atom. The normalized spacial score (nSPS) is 14.1. The molecule has 1 fully saturated rings. The summed E-state index contributed by atoms with van der Waals surface area (Å²) in [6.45, 7) is 39.2. The van der Waals surface area contributed by atoms with E-state index >= 15 is 0 Å². The molecule has 0 bridgehead atoms. The van der Waals surface area contributed by atoms with Crippen LogP contribution in [-0.4, -0.2) is 0 Å². The van der Waals surface area contributed by atoms with Gasteiger partial charge in [-0.05, 0) is 68.9 Å². The predicted octanol–water partition coefficient (Wildman–Crippen LogP) is 15.0. The van der Waals surface area contributed by atoms with Crippen LogP contribution in [0.5, 0.6) is 0 Å². The lowest BCUT2D eigenvalue weighted by molar-refractivity contribution is 0.605. The Balaban J connectivity index is -0.000000138. The molecule has 0 aromatic carbocycles. The van der Waals surface area contributed by atoms with E-state index in [-0.39, 0.29) is 0 Å². The highest BCUT2D eigenvalue weighted by Gasteiger charge is 2.22. The number of unbranched alkanes of at least 4 members (excludes halogenated alkanes) is 3. The molecule has 234 valence electrons. The van der Waals surface area contributed by atoms with Crippen molar-refractivity contribution in [3.63, 3.8) is 0 Å². The van der Waals surface area contributed by atoms with E-state index in [1.54, 1.807) is 11.1 Å². The first-order chi connectivity index (χ1) is 18.8. The van der Waals surface area contributed by atoms with Gasteiger partial charge in [0.25, 0.3) is 0 Å². The zero-order valence-corrected chi connectivity index (χ0v) is 30.3. The van der Waals surface area contributed by atoms with Crippen LogP contribution in [-0.2, 0) is 0 Å². The van der Waals surface area contributed by atoms with Gasteiger partial charge < -0.3 is 0 Å². The predicted molar refractivity (Wildman–Crippen MR) is 190 cm³/mol. The molecule has 0 spiro atoms. The maximum absolute atomic E-state index is 3.90. The van der Waals surface area contributed by atoms with Gasteiger partial charge in [-0.3, -0.25) is 0 Å². The van der Waals surface area contributed by atoms with Crippen LogP contribution in [0.15, 0.2) is 59.3 Å². The molecule has 0 aromatic rings. The summed E-state index contributed by atoms with van der Waals surface area (Å²) < 4.78 is 0. The van der Waals surface area contributed by atoms with Crippen molar-refractivity contribution in [2.75, 3.05) is 0 Å². The van der Waals surface area contributed by atoms with Crippen LogP contribution in [0.2, 0.25) is 0 Å².